The molecular formula is C26H33N5O7S2. The molecule has 0 unspecified atom stereocenters. The van der Waals surface area contributed by atoms with E-state index in [1.165, 1.54) is 59.4 Å². The summed E-state index contributed by atoms with van der Waals surface area (Å²) in [6.07, 6.45) is 2.12. The summed E-state index contributed by atoms with van der Waals surface area (Å²) < 4.78 is 63.4. The van der Waals surface area contributed by atoms with Gasteiger partial charge in [0.05, 0.1) is 36.0 Å². The minimum absolute atomic E-state index is 0.0442. The number of anilines is 1. The Morgan fingerprint density at radius 3 is 2.50 bits per heavy atom. The number of rotatable bonds is 9. The van der Waals surface area contributed by atoms with Gasteiger partial charge in [-0.2, -0.15) is 4.31 Å². The minimum Gasteiger partial charge on any atom is -0.488 e. The van der Waals surface area contributed by atoms with Gasteiger partial charge in [-0.25, -0.2) is 21.8 Å². The predicted octanol–water partition coefficient (Wildman–Crippen LogP) is 1.76. The fourth-order valence-electron chi connectivity index (χ4n) is 4.35. The molecule has 2 aromatic carbocycles. The quantitative estimate of drug-likeness (QED) is 0.382. The van der Waals surface area contributed by atoms with E-state index in [9.17, 15) is 26.7 Å². The molecule has 0 aliphatic carbocycles. The van der Waals surface area contributed by atoms with Crippen molar-refractivity contribution in [3.8, 4) is 5.75 Å². The lowest BCUT2D eigenvalue weighted by atomic mass is 9.99. The van der Waals surface area contributed by atoms with Gasteiger partial charge in [-0.05, 0) is 37.3 Å². The van der Waals surface area contributed by atoms with Gasteiger partial charge < -0.3 is 19.3 Å². The van der Waals surface area contributed by atoms with E-state index in [0.29, 0.717) is 0 Å². The largest absolute Gasteiger partial charge is 0.488 e. The number of ether oxygens (including phenoxy) is 1. The number of aromatic nitrogens is 2. The van der Waals surface area contributed by atoms with Crippen molar-refractivity contribution in [2.75, 3.05) is 31.5 Å². The topological polar surface area (TPSA) is 151 Å². The number of imidazole rings is 1. The van der Waals surface area contributed by atoms with Gasteiger partial charge in [-0.3, -0.25) is 9.52 Å². The van der Waals surface area contributed by atoms with Crippen LogP contribution in [0.5, 0.6) is 5.75 Å². The van der Waals surface area contributed by atoms with Crippen LogP contribution < -0.4 is 9.46 Å². The summed E-state index contributed by atoms with van der Waals surface area (Å²) in [6, 6.07) is 11.6. The van der Waals surface area contributed by atoms with E-state index in [2.05, 4.69) is 9.71 Å². The third-order valence-electron chi connectivity index (χ3n) is 6.76. The Labute approximate surface area is 234 Å². The average Bonchev–Trinajstić information content (AvgIpc) is 3.38. The summed E-state index contributed by atoms with van der Waals surface area (Å²) >= 11 is 0. The van der Waals surface area contributed by atoms with Crippen molar-refractivity contribution in [3.05, 3.63) is 66.6 Å². The van der Waals surface area contributed by atoms with Crippen molar-refractivity contribution in [2.24, 2.45) is 13.0 Å². The van der Waals surface area contributed by atoms with Gasteiger partial charge in [-0.15, -0.1) is 0 Å². The van der Waals surface area contributed by atoms with E-state index in [-0.39, 0.29) is 52.5 Å². The molecule has 14 heteroatoms. The number of hydrogen-bond acceptors (Lipinski definition) is 8. The number of carbonyl (C=O) groups is 1. The van der Waals surface area contributed by atoms with E-state index in [1.54, 1.807) is 32.2 Å². The van der Waals surface area contributed by atoms with Gasteiger partial charge >= 0.3 is 0 Å². The lowest BCUT2D eigenvalue weighted by Crippen LogP contribution is -2.50. The van der Waals surface area contributed by atoms with Crippen LogP contribution in [0.15, 0.2) is 71.0 Å². The SMILES string of the molecule is C[C@H](CO)N1C[C@H](C)[C@@H](CN(C)S(=O)(=O)c2cn(C)cn2)Oc2ccc(NS(=O)(=O)c3ccccc3)cc2C1=O. The zero-order valence-corrected chi connectivity index (χ0v) is 24.3. The Morgan fingerprint density at radius 2 is 1.88 bits per heavy atom. The Balaban J connectivity index is 1.68. The van der Waals surface area contributed by atoms with Crippen LogP contribution in [0.4, 0.5) is 5.69 Å². The second-order valence-electron chi connectivity index (χ2n) is 9.92. The molecule has 2 heterocycles. The van der Waals surface area contributed by atoms with Crippen molar-refractivity contribution in [3.63, 3.8) is 0 Å². The number of nitrogens with one attached hydrogen (secondary N) is 1. The van der Waals surface area contributed by atoms with Crippen LogP contribution in [-0.4, -0.2) is 85.5 Å². The molecule has 0 bridgehead atoms. The summed E-state index contributed by atoms with van der Waals surface area (Å²) in [4.78, 5) is 19.2. The molecule has 0 saturated carbocycles. The summed E-state index contributed by atoms with van der Waals surface area (Å²) in [5.41, 5.74) is 0.233. The van der Waals surface area contributed by atoms with Crippen molar-refractivity contribution in [1.82, 2.24) is 18.8 Å². The van der Waals surface area contributed by atoms with Crippen LogP contribution in [0, 0.1) is 5.92 Å². The number of aliphatic hydroxyl groups is 1. The van der Waals surface area contributed by atoms with Crippen LogP contribution in [-0.2, 0) is 27.1 Å². The molecule has 0 spiro atoms. The minimum atomic E-state index is -3.92. The fraction of sp³-hybridized carbons (Fsp3) is 0.385. The molecule has 0 radical (unpaired) electrons. The Hall–Kier alpha value is -3.46. The molecule has 1 aromatic heterocycles. The molecule has 1 aliphatic rings. The second kappa shape index (κ2) is 11.6. The number of likely N-dealkylation sites (N-methyl/N-ethyl adjacent to an activating group) is 1. The summed E-state index contributed by atoms with van der Waals surface area (Å²) in [6.45, 7) is 3.36. The van der Waals surface area contributed by atoms with E-state index in [4.69, 9.17) is 4.74 Å². The summed E-state index contributed by atoms with van der Waals surface area (Å²) in [5, 5.41) is 9.77. The molecule has 40 heavy (non-hydrogen) atoms. The second-order valence-corrected chi connectivity index (χ2v) is 13.6. The highest BCUT2D eigenvalue weighted by Crippen LogP contribution is 2.32. The van der Waals surface area contributed by atoms with Crippen molar-refractivity contribution >= 4 is 31.6 Å². The molecule has 1 aliphatic heterocycles. The third kappa shape index (κ3) is 6.14. The van der Waals surface area contributed by atoms with Crippen LogP contribution in [0.1, 0.15) is 24.2 Å². The van der Waals surface area contributed by atoms with E-state index >= 15 is 0 Å². The third-order valence-corrected chi connectivity index (χ3v) is 9.87. The number of nitrogens with zero attached hydrogens (tertiary/aromatic N) is 4. The van der Waals surface area contributed by atoms with Gasteiger partial charge in [0.2, 0.25) is 0 Å². The lowest BCUT2D eigenvalue weighted by molar-refractivity contribution is 0.0387. The van der Waals surface area contributed by atoms with Crippen LogP contribution >= 0.6 is 0 Å². The first-order valence-electron chi connectivity index (χ1n) is 12.6. The van der Waals surface area contributed by atoms with E-state index < -0.39 is 38.1 Å². The zero-order chi connectivity index (χ0) is 29.2. The van der Waals surface area contributed by atoms with Gasteiger partial charge in [0.25, 0.3) is 26.0 Å². The molecule has 12 nitrogen and oxygen atoms in total. The van der Waals surface area contributed by atoms with Gasteiger partial charge in [0.1, 0.15) is 11.9 Å². The smallest absolute Gasteiger partial charge is 0.261 e. The average molecular weight is 592 g/mol. The highest BCUT2D eigenvalue weighted by Gasteiger charge is 2.36. The molecule has 0 fully saturated rings. The van der Waals surface area contributed by atoms with Crippen LogP contribution in [0.3, 0.4) is 0 Å². The molecule has 2 N–H and O–H groups in total. The number of aliphatic hydroxyl groups excluding tert-OH is 1. The van der Waals surface area contributed by atoms with Crippen LogP contribution in [0.25, 0.3) is 0 Å². The first kappa shape index (κ1) is 29.5. The Morgan fingerprint density at radius 1 is 1.18 bits per heavy atom. The standard InChI is InChI=1S/C26H33N5O7S2/c1-18-13-31(19(2)16-32)26(33)22-12-20(28-39(34,35)21-8-6-5-7-9-21)10-11-23(22)38-24(18)14-30(4)40(36,37)25-15-29(3)17-27-25/h5-12,15,17-19,24,28,32H,13-14,16H2,1-4H3/t18-,19+,24+/m0/s1. The molecular weight excluding hydrogens is 558 g/mol. The number of hydrogen-bond donors (Lipinski definition) is 2. The Bertz CT molecular complexity index is 1580. The monoisotopic (exact) mass is 591 g/mol. The predicted molar refractivity (Wildman–Crippen MR) is 148 cm³/mol. The molecule has 3 atom stereocenters. The number of benzene rings is 2. The van der Waals surface area contributed by atoms with Crippen molar-refractivity contribution in [1.29, 1.82) is 0 Å². The first-order valence-corrected chi connectivity index (χ1v) is 15.5. The molecule has 0 saturated heterocycles. The number of aryl methyl sites for hydroxylation is 1. The Kier molecular flexibility index (Phi) is 8.54. The maximum Gasteiger partial charge on any atom is 0.261 e. The highest BCUT2D eigenvalue weighted by molar-refractivity contribution is 7.92. The summed E-state index contributed by atoms with van der Waals surface area (Å²) in [5.74, 6) is -0.608. The number of sulfonamides is 2. The molecule has 3 aromatic rings. The van der Waals surface area contributed by atoms with Gasteiger partial charge in [-0.1, -0.05) is 25.1 Å². The fourth-order valence-corrected chi connectivity index (χ4v) is 6.56. The maximum absolute atomic E-state index is 13.6. The summed E-state index contributed by atoms with van der Waals surface area (Å²) in [7, 11) is -4.73. The van der Waals surface area contributed by atoms with E-state index in [1.807, 2.05) is 6.92 Å². The maximum atomic E-state index is 13.6. The molecule has 1 amide bonds. The van der Waals surface area contributed by atoms with Crippen molar-refractivity contribution < 1.29 is 31.5 Å². The van der Waals surface area contributed by atoms with E-state index in [0.717, 1.165) is 4.31 Å². The van der Waals surface area contributed by atoms with Gasteiger partial charge in [0.15, 0.2) is 5.03 Å². The molecule has 216 valence electrons. The molecule has 4 rings (SSSR count). The number of carbonyl (C=O) groups excluding carboxylic acids is 1. The highest BCUT2D eigenvalue weighted by atomic mass is 32.2. The van der Waals surface area contributed by atoms with Crippen molar-refractivity contribution in [2.45, 2.75) is 35.9 Å². The van der Waals surface area contributed by atoms with Crippen LogP contribution in [0.2, 0.25) is 0 Å². The lowest BCUT2D eigenvalue weighted by Gasteiger charge is -2.38. The number of fused-ring (bicyclic) bond motifs is 1. The number of amides is 1. The normalized spacial score (nSPS) is 18.9. The van der Waals surface area contributed by atoms with Gasteiger partial charge in [0, 0.05) is 38.4 Å². The zero-order valence-electron chi connectivity index (χ0n) is 22.6. The first-order chi connectivity index (χ1) is 18.8.